The average Bonchev–Trinajstić information content (AvgIpc) is 3.26. The third kappa shape index (κ3) is 4.78. The van der Waals surface area contributed by atoms with Crippen LogP contribution in [0.3, 0.4) is 0 Å². The zero-order chi connectivity index (χ0) is 24.4. The Bertz CT molecular complexity index is 1380. The molecule has 5 rings (SSSR count). The van der Waals surface area contributed by atoms with Gasteiger partial charge in [0.1, 0.15) is 5.52 Å². The number of ether oxygens (including phenoxy) is 1. The van der Waals surface area contributed by atoms with E-state index in [9.17, 15) is 9.59 Å². The Hall–Kier alpha value is -3.69. The van der Waals surface area contributed by atoms with Crippen LogP contribution in [-0.4, -0.2) is 63.3 Å². The molecule has 1 aliphatic rings. The summed E-state index contributed by atoms with van der Waals surface area (Å²) in [6.07, 6.45) is 0. The monoisotopic (exact) mass is 487 g/mol. The molecule has 0 bridgehead atoms. The van der Waals surface area contributed by atoms with E-state index in [1.807, 2.05) is 66.1 Å². The molecule has 2 amide bonds. The molecule has 2 aromatic carbocycles. The quantitative estimate of drug-likeness (QED) is 0.418. The zero-order valence-corrected chi connectivity index (χ0v) is 20.1. The first-order valence-electron chi connectivity index (χ1n) is 11.4. The summed E-state index contributed by atoms with van der Waals surface area (Å²) in [6.45, 7) is 4.28. The van der Waals surface area contributed by atoms with Gasteiger partial charge in [0.25, 0.3) is 5.91 Å². The number of para-hydroxylation sites is 1. The van der Waals surface area contributed by atoms with E-state index in [-0.39, 0.29) is 11.7 Å². The summed E-state index contributed by atoms with van der Waals surface area (Å²) in [5, 5.41) is 0.573. The molecule has 1 saturated heterocycles. The number of morpholine rings is 1. The van der Waals surface area contributed by atoms with Gasteiger partial charge in [0.2, 0.25) is 5.91 Å². The van der Waals surface area contributed by atoms with Crippen LogP contribution in [0.5, 0.6) is 0 Å². The normalized spacial score (nSPS) is 13.8. The number of hydrogen-bond acceptors (Lipinski definition) is 6. The van der Waals surface area contributed by atoms with Crippen molar-refractivity contribution in [3.8, 4) is 16.9 Å². The predicted molar refractivity (Wildman–Crippen MR) is 136 cm³/mol. The fourth-order valence-corrected chi connectivity index (χ4v) is 4.94. The van der Waals surface area contributed by atoms with E-state index in [1.165, 1.54) is 11.8 Å². The number of amides is 2. The molecule has 9 heteroatoms. The minimum absolute atomic E-state index is 0.0217. The lowest BCUT2D eigenvalue weighted by molar-refractivity contribution is -0.132. The highest BCUT2D eigenvalue weighted by Gasteiger charge is 2.23. The molecule has 178 valence electrons. The van der Waals surface area contributed by atoms with E-state index >= 15 is 0 Å². The molecule has 0 radical (unpaired) electrons. The summed E-state index contributed by atoms with van der Waals surface area (Å²) in [4.78, 5) is 36.7. The average molecular weight is 488 g/mol. The van der Waals surface area contributed by atoms with Crippen molar-refractivity contribution in [2.75, 3.05) is 32.1 Å². The van der Waals surface area contributed by atoms with Gasteiger partial charge in [0, 0.05) is 24.3 Å². The number of aryl methyl sites for hydroxylation is 1. The molecule has 0 spiro atoms. The van der Waals surface area contributed by atoms with Gasteiger partial charge in [-0.05, 0) is 25.1 Å². The second kappa shape index (κ2) is 9.89. The van der Waals surface area contributed by atoms with Crippen LogP contribution in [0.25, 0.3) is 28.1 Å². The number of nitrogens with two attached hydrogens (primary N) is 1. The van der Waals surface area contributed by atoms with Crippen LogP contribution in [0.2, 0.25) is 0 Å². The lowest BCUT2D eigenvalue weighted by Crippen LogP contribution is -2.41. The van der Waals surface area contributed by atoms with Crippen LogP contribution in [-0.2, 0) is 9.53 Å². The van der Waals surface area contributed by atoms with Gasteiger partial charge in [0.15, 0.2) is 10.8 Å². The molecule has 8 nitrogen and oxygen atoms in total. The van der Waals surface area contributed by atoms with Crippen LogP contribution < -0.4 is 5.73 Å². The molecule has 0 unspecified atom stereocenters. The molecular weight excluding hydrogens is 462 g/mol. The number of aromatic nitrogens is 3. The highest BCUT2D eigenvalue weighted by Crippen LogP contribution is 2.31. The number of benzene rings is 2. The maximum absolute atomic E-state index is 12.8. The molecular formula is C26H25N5O3S. The first-order valence-corrected chi connectivity index (χ1v) is 12.3. The van der Waals surface area contributed by atoms with Gasteiger partial charge in [-0.1, -0.05) is 59.8 Å². The Morgan fingerprint density at radius 3 is 2.43 bits per heavy atom. The Morgan fingerprint density at radius 1 is 1.03 bits per heavy atom. The maximum Gasteiger partial charge on any atom is 0.251 e. The highest BCUT2D eigenvalue weighted by atomic mass is 32.2. The summed E-state index contributed by atoms with van der Waals surface area (Å²) >= 11 is 1.32. The number of carbonyl (C=O) groups is 2. The van der Waals surface area contributed by atoms with Crippen LogP contribution in [0.15, 0.2) is 65.8 Å². The van der Waals surface area contributed by atoms with E-state index in [1.54, 1.807) is 11.0 Å². The van der Waals surface area contributed by atoms with Gasteiger partial charge < -0.3 is 15.4 Å². The van der Waals surface area contributed by atoms with Gasteiger partial charge in [-0.15, -0.1) is 0 Å². The fraction of sp³-hybridized carbons (Fsp3) is 0.231. The number of primary amides is 1. The summed E-state index contributed by atoms with van der Waals surface area (Å²) < 4.78 is 7.24. The molecule has 0 aliphatic carbocycles. The second-order valence-corrected chi connectivity index (χ2v) is 9.25. The van der Waals surface area contributed by atoms with Crippen molar-refractivity contribution < 1.29 is 14.3 Å². The minimum atomic E-state index is -0.579. The number of hydrogen-bond donors (Lipinski definition) is 1. The minimum Gasteiger partial charge on any atom is -0.378 e. The summed E-state index contributed by atoms with van der Waals surface area (Å²) in [5.74, 6) is -0.342. The van der Waals surface area contributed by atoms with Gasteiger partial charge in [-0.25, -0.2) is 9.97 Å². The number of pyridine rings is 1. The largest absolute Gasteiger partial charge is 0.378 e. The van der Waals surface area contributed by atoms with Crippen LogP contribution in [0, 0.1) is 6.92 Å². The van der Waals surface area contributed by atoms with E-state index in [0.29, 0.717) is 53.9 Å². The summed E-state index contributed by atoms with van der Waals surface area (Å²) in [5.41, 5.74) is 10.5. The van der Waals surface area contributed by atoms with Crippen LogP contribution in [0.1, 0.15) is 15.9 Å². The van der Waals surface area contributed by atoms with Gasteiger partial charge in [-0.2, -0.15) is 0 Å². The van der Waals surface area contributed by atoms with E-state index in [0.717, 1.165) is 16.8 Å². The lowest BCUT2D eigenvalue weighted by Gasteiger charge is -2.26. The molecule has 2 N–H and O–H groups in total. The Morgan fingerprint density at radius 2 is 1.74 bits per heavy atom. The van der Waals surface area contributed by atoms with Gasteiger partial charge in [-0.3, -0.25) is 14.2 Å². The number of nitrogens with zero attached hydrogens (tertiary/aromatic N) is 4. The second-order valence-electron chi connectivity index (χ2n) is 8.30. The first kappa shape index (κ1) is 23.1. The van der Waals surface area contributed by atoms with Crippen molar-refractivity contribution >= 4 is 34.7 Å². The Kier molecular flexibility index (Phi) is 6.52. The van der Waals surface area contributed by atoms with Crippen molar-refractivity contribution in [2.45, 2.75) is 12.1 Å². The van der Waals surface area contributed by atoms with Gasteiger partial charge in [0.05, 0.1) is 30.2 Å². The summed E-state index contributed by atoms with van der Waals surface area (Å²) in [7, 11) is 0. The summed E-state index contributed by atoms with van der Waals surface area (Å²) in [6, 6.07) is 19.3. The first-order chi connectivity index (χ1) is 17.0. The topological polar surface area (TPSA) is 103 Å². The molecule has 0 saturated carbocycles. The van der Waals surface area contributed by atoms with Crippen LogP contribution in [0.4, 0.5) is 0 Å². The van der Waals surface area contributed by atoms with E-state index < -0.39 is 5.91 Å². The molecule has 3 heterocycles. The molecule has 0 atom stereocenters. The highest BCUT2D eigenvalue weighted by molar-refractivity contribution is 7.99. The SMILES string of the molecule is Cc1ccc(-c2cc(C(N)=O)c3nc(SCC(=O)N4CCOCC4)n(-c4ccccc4)c3n2)cc1. The van der Waals surface area contributed by atoms with Gasteiger partial charge >= 0.3 is 0 Å². The number of carbonyl (C=O) groups excluding carboxylic acids is 2. The lowest BCUT2D eigenvalue weighted by atomic mass is 10.1. The van der Waals surface area contributed by atoms with E-state index in [4.69, 9.17) is 20.4 Å². The third-order valence-electron chi connectivity index (χ3n) is 5.90. The number of imidazole rings is 1. The molecule has 1 aliphatic heterocycles. The van der Waals surface area contributed by atoms with Crippen molar-refractivity contribution in [1.29, 1.82) is 0 Å². The molecule has 4 aromatic rings. The van der Waals surface area contributed by atoms with Crippen LogP contribution >= 0.6 is 11.8 Å². The maximum atomic E-state index is 12.8. The fourth-order valence-electron chi connectivity index (χ4n) is 4.02. The predicted octanol–water partition coefficient (Wildman–Crippen LogP) is 3.45. The van der Waals surface area contributed by atoms with E-state index in [2.05, 4.69) is 0 Å². The van der Waals surface area contributed by atoms with Crippen molar-refractivity contribution in [3.05, 3.63) is 71.8 Å². The smallest absolute Gasteiger partial charge is 0.251 e. The van der Waals surface area contributed by atoms with Crippen molar-refractivity contribution in [2.24, 2.45) is 5.73 Å². The molecule has 35 heavy (non-hydrogen) atoms. The third-order valence-corrected chi connectivity index (χ3v) is 6.82. The molecule has 1 fully saturated rings. The molecule has 2 aromatic heterocycles. The number of fused-ring (bicyclic) bond motifs is 1. The Labute approximate surface area is 207 Å². The zero-order valence-electron chi connectivity index (χ0n) is 19.3. The number of rotatable bonds is 6. The Balaban J connectivity index is 1.62. The van der Waals surface area contributed by atoms with Crippen molar-refractivity contribution in [3.63, 3.8) is 0 Å². The van der Waals surface area contributed by atoms with Crippen molar-refractivity contribution in [1.82, 2.24) is 19.4 Å². The standard InChI is InChI=1S/C26H25N5O3S/c1-17-7-9-18(10-8-17)21-15-20(24(27)33)23-25(28-21)31(19-5-3-2-4-6-19)26(29-23)35-16-22(32)30-11-13-34-14-12-30/h2-10,15H,11-14,16H2,1H3,(H2,27,33). The number of thioether (sulfide) groups is 1.